The zero-order chi connectivity index (χ0) is 6.53. The van der Waals surface area contributed by atoms with Gasteiger partial charge in [0.2, 0.25) is 6.41 Å². The minimum Gasteiger partial charge on any atom is -0.341 e. The van der Waals surface area contributed by atoms with Gasteiger partial charge in [-0.05, 0) is 0 Å². The molecule has 1 aromatic heterocycles. The van der Waals surface area contributed by atoms with E-state index in [1.54, 1.807) is 23.3 Å². The first-order valence-corrected chi connectivity index (χ1v) is 2.56. The van der Waals surface area contributed by atoms with Crippen LogP contribution < -0.4 is 5.32 Å². The van der Waals surface area contributed by atoms with Crippen LogP contribution in [-0.2, 0) is 11.5 Å². The first-order valence-electron chi connectivity index (χ1n) is 2.56. The summed E-state index contributed by atoms with van der Waals surface area (Å²) in [4.78, 5) is 13.5. The van der Waals surface area contributed by atoms with Crippen LogP contribution in [0.3, 0.4) is 0 Å². The third-order valence-corrected chi connectivity index (χ3v) is 0.916. The molecule has 4 nitrogen and oxygen atoms in total. The summed E-state index contributed by atoms with van der Waals surface area (Å²) < 4.78 is 1.76. The highest BCUT2D eigenvalue weighted by atomic mass is 16.1. The summed E-state index contributed by atoms with van der Waals surface area (Å²) in [6.45, 7) is 0.490. The van der Waals surface area contributed by atoms with Crippen molar-refractivity contribution in [1.82, 2.24) is 14.9 Å². The van der Waals surface area contributed by atoms with Gasteiger partial charge in [0.15, 0.2) is 0 Å². The second kappa shape index (κ2) is 2.86. The molecule has 0 aliphatic rings. The van der Waals surface area contributed by atoms with Crippen LogP contribution in [0.15, 0.2) is 18.7 Å². The summed E-state index contributed by atoms with van der Waals surface area (Å²) in [5, 5.41) is 2.49. The van der Waals surface area contributed by atoms with Crippen LogP contribution >= 0.6 is 0 Å². The predicted octanol–water partition coefficient (Wildman–Crippen LogP) is -0.413. The van der Waals surface area contributed by atoms with Crippen LogP contribution in [0.1, 0.15) is 0 Å². The van der Waals surface area contributed by atoms with Crippen LogP contribution in [0.4, 0.5) is 0 Å². The third kappa shape index (κ3) is 1.56. The molecule has 0 spiro atoms. The van der Waals surface area contributed by atoms with E-state index in [0.29, 0.717) is 13.1 Å². The molecule has 0 saturated heterocycles. The molecule has 9 heavy (non-hydrogen) atoms. The molecular weight excluding hydrogens is 118 g/mol. The average molecular weight is 125 g/mol. The van der Waals surface area contributed by atoms with Gasteiger partial charge in [0.25, 0.3) is 0 Å². The number of nitrogens with zero attached hydrogens (tertiary/aromatic N) is 2. The molecule has 0 bridgehead atoms. The number of nitrogens with one attached hydrogen (secondary N) is 1. The monoisotopic (exact) mass is 125 g/mol. The van der Waals surface area contributed by atoms with Gasteiger partial charge in [0.1, 0.15) is 0 Å². The molecule has 1 rings (SSSR count). The van der Waals surface area contributed by atoms with Crippen LogP contribution in [-0.4, -0.2) is 16.0 Å². The Bertz CT molecular complexity index is 170. The van der Waals surface area contributed by atoms with Crippen molar-refractivity contribution in [3.63, 3.8) is 0 Å². The number of hydrogen-bond donors (Lipinski definition) is 1. The second-order valence-electron chi connectivity index (χ2n) is 1.56. The largest absolute Gasteiger partial charge is 0.341 e. The number of amides is 1. The lowest BCUT2D eigenvalue weighted by Crippen LogP contribution is -2.14. The normalized spacial score (nSPS) is 8.89. The SMILES string of the molecule is O=CNCn1ccnc1. The number of carbonyl (C=O) groups excluding carboxylic acids is 1. The zero-order valence-corrected chi connectivity index (χ0v) is 4.82. The molecule has 0 atom stereocenters. The molecule has 1 heterocycles. The number of carbonyl (C=O) groups is 1. The molecule has 0 aliphatic carbocycles. The Hall–Kier alpha value is -1.32. The van der Waals surface area contributed by atoms with Gasteiger partial charge in [-0.2, -0.15) is 0 Å². The maximum atomic E-state index is 9.76. The van der Waals surface area contributed by atoms with E-state index < -0.39 is 0 Å². The molecule has 0 aliphatic heterocycles. The van der Waals surface area contributed by atoms with Gasteiger partial charge in [-0.25, -0.2) is 4.98 Å². The van der Waals surface area contributed by atoms with E-state index in [2.05, 4.69) is 10.3 Å². The van der Waals surface area contributed by atoms with Crippen molar-refractivity contribution < 1.29 is 4.79 Å². The van der Waals surface area contributed by atoms with Gasteiger partial charge in [-0.3, -0.25) is 4.79 Å². The summed E-state index contributed by atoms with van der Waals surface area (Å²) in [5.41, 5.74) is 0. The fraction of sp³-hybridized carbons (Fsp3) is 0.200. The molecule has 48 valence electrons. The number of imidazole rings is 1. The maximum absolute atomic E-state index is 9.76. The number of hydrogen-bond acceptors (Lipinski definition) is 2. The van der Waals surface area contributed by atoms with E-state index in [-0.39, 0.29) is 0 Å². The van der Waals surface area contributed by atoms with Crippen LogP contribution in [0, 0.1) is 0 Å². The Kier molecular flexibility index (Phi) is 1.85. The van der Waals surface area contributed by atoms with E-state index in [0.717, 1.165) is 0 Å². The van der Waals surface area contributed by atoms with Crippen LogP contribution in [0.2, 0.25) is 0 Å². The molecule has 0 unspecified atom stereocenters. The Balaban J connectivity index is 2.38. The van der Waals surface area contributed by atoms with Gasteiger partial charge in [-0.15, -0.1) is 0 Å². The van der Waals surface area contributed by atoms with Crippen LogP contribution in [0.25, 0.3) is 0 Å². The first kappa shape index (κ1) is 5.81. The summed E-state index contributed by atoms with van der Waals surface area (Å²) in [7, 11) is 0. The molecule has 0 fully saturated rings. The Morgan fingerprint density at radius 3 is 3.22 bits per heavy atom. The molecule has 1 amide bonds. The lowest BCUT2D eigenvalue weighted by Gasteiger charge is -1.96. The number of rotatable bonds is 3. The minimum absolute atomic E-state index is 0.490. The van der Waals surface area contributed by atoms with E-state index >= 15 is 0 Å². The average Bonchev–Trinajstić information content (AvgIpc) is 2.34. The topological polar surface area (TPSA) is 46.9 Å². The molecule has 1 N–H and O–H groups in total. The van der Waals surface area contributed by atoms with Gasteiger partial charge in [-0.1, -0.05) is 0 Å². The lowest BCUT2D eigenvalue weighted by molar-refractivity contribution is -0.110. The fourth-order valence-electron chi connectivity index (χ4n) is 0.523. The quantitative estimate of drug-likeness (QED) is 0.558. The van der Waals surface area contributed by atoms with Crippen molar-refractivity contribution in [2.45, 2.75) is 6.67 Å². The Morgan fingerprint density at radius 1 is 1.78 bits per heavy atom. The highest BCUT2D eigenvalue weighted by Crippen LogP contribution is 1.79. The summed E-state index contributed by atoms with van der Waals surface area (Å²) in [6.07, 6.45) is 5.72. The molecule has 0 aromatic carbocycles. The van der Waals surface area contributed by atoms with Gasteiger partial charge < -0.3 is 9.88 Å². The zero-order valence-electron chi connectivity index (χ0n) is 4.82. The van der Waals surface area contributed by atoms with Crippen molar-refractivity contribution in [1.29, 1.82) is 0 Å². The maximum Gasteiger partial charge on any atom is 0.208 e. The molecular formula is C5H7N3O. The van der Waals surface area contributed by atoms with Gasteiger partial charge in [0, 0.05) is 12.4 Å². The highest BCUT2D eigenvalue weighted by Gasteiger charge is 1.82. The van der Waals surface area contributed by atoms with Crippen molar-refractivity contribution >= 4 is 6.41 Å². The molecule has 0 radical (unpaired) electrons. The Morgan fingerprint density at radius 2 is 2.67 bits per heavy atom. The van der Waals surface area contributed by atoms with Gasteiger partial charge in [0.05, 0.1) is 13.0 Å². The molecule has 0 saturated carbocycles. The van der Waals surface area contributed by atoms with Crippen molar-refractivity contribution in [2.24, 2.45) is 0 Å². The van der Waals surface area contributed by atoms with Crippen molar-refractivity contribution in [3.05, 3.63) is 18.7 Å². The van der Waals surface area contributed by atoms with Gasteiger partial charge >= 0.3 is 0 Å². The summed E-state index contributed by atoms with van der Waals surface area (Å²) in [6, 6.07) is 0. The van der Waals surface area contributed by atoms with E-state index in [4.69, 9.17) is 0 Å². The summed E-state index contributed by atoms with van der Waals surface area (Å²) in [5.74, 6) is 0. The molecule has 4 heteroatoms. The third-order valence-electron chi connectivity index (χ3n) is 0.916. The van der Waals surface area contributed by atoms with E-state index in [1.807, 2.05) is 0 Å². The smallest absolute Gasteiger partial charge is 0.208 e. The van der Waals surface area contributed by atoms with Crippen LogP contribution in [0.5, 0.6) is 0 Å². The molecule has 1 aromatic rings. The van der Waals surface area contributed by atoms with Crippen molar-refractivity contribution in [2.75, 3.05) is 0 Å². The van der Waals surface area contributed by atoms with E-state index in [9.17, 15) is 4.79 Å². The standard InChI is InChI=1S/C5H7N3O/c9-5-7-4-8-2-1-6-3-8/h1-3,5H,4H2,(H,7,9). The highest BCUT2D eigenvalue weighted by molar-refractivity contribution is 5.45. The second-order valence-corrected chi connectivity index (χ2v) is 1.56. The van der Waals surface area contributed by atoms with Crippen molar-refractivity contribution in [3.8, 4) is 0 Å². The fourth-order valence-corrected chi connectivity index (χ4v) is 0.523. The number of aromatic nitrogens is 2. The Labute approximate surface area is 52.5 Å². The van der Waals surface area contributed by atoms with E-state index in [1.165, 1.54) is 0 Å². The summed E-state index contributed by atoms with van der Waals surface area (Å²) >= 11 is 0. The minimum atomic E-state index is 0.490. The lowest BCUT2D eigenvalue weighted by atomic mass is 10.9. The predicted molar refractivity (Wildman–Crippen MR) is 31.4 cm³/mol. The first-order chi connectivity index (χ1) is 4.43.